The number of hydrogen-bond acceptors (Lipinski definition) is 3. The summed E-state index contributed by atoms with van der Waals surface area (Å²) in [4.78, 5) is 23.7. The number of carbonyl (C=O) groups excluding carboxylic acids is 1. The van der Waals surface area contributed by atoms with Crippen LogP contribution in [0.4, 0.5) is 18.0 Å². The second-order valence-electron chi connectivity index (χ2n) is 7.48. The molecular formula is C21H18F3NO4. The Hall–Kier alpha value is -3.03. The van der Waals surface area contributed by atoms with E-state index in [0.29, 0.717) is 0 Å². The highest BCUT2D eigenvalue weighted by Gasteiger charge is 2.60. The normalized spacial score (nSPS) is 22.9. The summed E-state index contributed by atoms with van der Waals surface area (Å²) in [5.41, 5.74) is 2.09. The van der Waals surface area contributed by atoms with Crippen molar-refractivity contribution < 1.29 is 32.6 Å². The average Bonchev–Trinajstić information content (AvgIpc) is 2.95. The van der Waals surface area contributed by atoms with Gasteiger partial charge in [-0.2, -0.15) is 13.2 Å². The molecule has 1 saturated carbocycles. The van der Waals surface area contributed by atoms with Gasteiger partial charge in [0.2, 0.25) is 0 Å². The summed E-state index contributed by atoms with van der Waals surface area (Å²) < 4.78 is 43.5. The number of nitrogens with one attached hydrogen (secondary N) is 1. The number of benzene rings is 2. The SMILES string of the molecule is O=C(NC1(C(=O)O)CC(C(F)(F)F)C1)OCC1c2ccccc2-c2ccccc21. The molecule has 152 valence electrons. The van der Waals surface area contributed by atoms with Crippen molar-refractivity contribution >= 4 is 12.1 Å². The molecule has 2 aromatic rings. The molecule has 5 nitrogen and oxygen atoms in total. The van der Waals surface area contributed by atoms with E-state index < -0.39 is 42.5 Å². The van der Waals surface area contributed by atoms with Gasteiger partial charge in [-0.15, -0.1) is 0 Å². The third-order valence-electron chi connectivity index (χ3n) is 5.75. The topological polar surface area (TPSA) is 75.6 Å². The van der Waals surface area contributed by atoms with Crippen LogP contribution < -0.4 is 5.32 Å². The van der Waals surface area contributed by atoms with Gasteiger partial charge < -0.3 is 15.2 Å². The lowest BCUT2D eigenvalue weighted by Gasteiger charge is -2.44. The van der Waals surface area contributed by atoms with Crippen LogP contribution in [0.2, 0.25) is 0 Å². The van der Waals surface area contributed by atoms with Gasteiger partial charge in [0.25, 0.3) is 0 Å². The van der Waals surface area contributed by atoms with Crippen LogP contribution in [-0.2, 0) is 9.53 Å². The van der Waals surface area contributed by atoms with Crippen molar-refractivity contribution in [1.82, 2.24) is 5.32 Å². The van der Waals surface area contributed by atoms with Crippen LogP contribution in [0.15, 0.2) is 48.5 Å². The Kier molecular flexibility index (Phi) is 4.52. The Balaban J connectivity index is 1.45. The molecule has 0 bridgehead atoms. The number of alkyl halides is 3. The number of alkyl carbamates (subject to hydrolysis) is 1. The minimum Gasteiger partial charge on any atom is -0.480 e. The highest BCUT2D eigenvalue weighted by atomic mass is 19.4. The molecule has 0 aromatic heterocycles. The molecule has 2 aromatic carbocycles. The van der Waals surface area contributed by atoms with E-state index in [9.17, 15) is 27.9 Å². The van der Waals surface area contributed by atoms with E-state index in [2.05, 4.69) is 5.32 Å². The smallest absolute Gasteiger partial charge is 0.408 e. The first-order valence-corrected chi connectivity index (χ1v) is 9.14. The predicted molar refractivity (Wildman–Crippen MR) is 97.4 cm³/mol. The number of ether oxygens (including phenoxy) is 1. The minimum absolute atomic E-state index is 0.0434. The highest BCUT2D eigenvalue weighted by Crippen LogP contribution is 2.48. The number of fused-ring (bicyclic) bond motifs is 3. The second kappa shape index (κ2) is 6.79. The standard InChI is InChI=1S/C21H18F3NO4/c22-21(23,24)12-9-20(10-12,18(26)27)25-19(28)29-11-17-15-7-3-1-5-13(15)14-6-2-4-8-16(14)17/h1-8,12,17H,9-11H2,(H,25,28)(H,26,27). The zero-order valence-electron chi connectivity index (χ0n) is 15.2. The van der Waals surface area contributed by atoms with Crippen molar-refractivity contribution in [2.45, 2.75) is 30.5 Å². The van der Waals surface area contributed by atoms with E-state index in [1.54, 1.807) is 0 Å². The van der Waals surface area contributed by atoms with Crippen LogP contribution in [0, 0.1) is 5.92 Å². The summed E-state index contributed by atoms with van der Waals surface area (Å²) in [6, 6.07) is 15.4. The van der Waals surface area contributed by atoms with Gasteiger partial charge in [0.05, 0.1) is 5.92 Å². The van der Waals surface area contributed by atoms with Gasteiger partial charge in [-0.3, -0.25) is 0 Å². The molecule has 29 heavy (non-hydrogen) atoms. The quantitative estimate of drug-likeness (QED) is 0.794. The van der Waals surface area contributed by atoms with Gasteiger partial charge in [-0.25, -0.2) is 9.59 Å². The van der Waals surface area contributed by atoms with E-state index in [1.807, 2.05) is 48.5 Å². The van der Waals surface area contributed by atoms with E-state index >= 15 is 0 Å². The molecule has 1 fully saturated rings. The first-order chi connectivity index (χ1) is 13.7. The third-order valence-corrected chi connectivity index (χ3v) is 5.75. The number of carboxylic acid groups (broad SMARTS) is 1. The maximum atomic E-state index is 12.7. The van der Waals surface area contributed by atoms with Gasteiger partial charge in [0.15, 0.2) is 0 Å². The molecule has 2 N–H and O–H groups in total. The van der Waals surface area contributed by atoms with Crippen LogP contribution in [0.1, 0.15) is 29.9 Å². The number of aliphatic carboxylic acids is 1. The molecule has 0 saturated heterocycles. The summed E-state index contributed by atoms with van der Waals surface area (Å²) >= 11 is 0. The van der Waals surface area contributed by atoms with Crippen LogP contribution >= 0.6 is 0 Å². The second-order valence-corrected chi connectivity index (χ2v) is 7.48. The fraction of sp³-hybridized carbons (Fsp3) is 0.333. The van der Waals surface area contributed by atoms with Gasteiger partial charge in [-0.1, -0.05) is 48.5 Å². The van der Waals surface area contributed by atoms with Gasteiger partial charge in [0.1, 0.15) is 12.1 Å². The Morgan fingerprint density at radius 2 is 1.55 bits per heavy atom. The molecule has 8 heteroatoms. The van der Waals surface area contributed by atoms with Crippen molar-refractivity contribution in [1.29, 1.82) is 0 Å². The number of carbonyl (C=O) groups is 2. The first-order valence-electron chi connectivity index (χ1n) is 9.14. The van der Waals surface area contributed by atoms with Crippen LogP contribution in [-0.4, -0.2) is 35.5 Å². The van der Waals surface area contributed by atoms with Gasteiger partial charge in [0, 0.05) is 5.92 Å². The van der Waals surface area contributed by atoms with Crippen molar-refractivity contribution in [3.05, 3.63) is 59.7 Å². The van der Waals surface area contributed by atoms with Crippen molar-refractivity contribution in [3.63, 3.8) is 0 Å². The Morgan fingerprint density at radius 1 is 1.03 bits per heavy atom. The fourth-order valence-corrected chi connectivity index (χ4v) is 4.17. The molecular weight excluding hydrogens is 387 g/mol. The summed E-state index contributed by atoms with van der Waals surface area (Å²) in [7, 11) is 0. The van der Waals surface area contributed by atoms with Gasteiger partial charge in [-0.05, 0) is 35.1 Å². The van der Waals surface area contributed by atoms with E-state index in [0.717, 1.165) is 22.3 Å². The number of rotatable bonds is 4. The molecule has 2 aliphatic rings. The number of halogens is 3. The lowest BCUT2D eigenvalue weighted by molar-refractivity contribution is -0.214. The number of carboxylic acids is 1. The maximum absolute atomic E-state index is 12.7. The third kappa shape index (κ3) is 3.32. The molecule has 0 atom stereocenters. The molecule has 0 spiro atoms. The van der Waals surface area contributed by atoms with E-state index in [4.69, 9.17) is 4.74 Å². The fourth-order valence-electron chi connectivity index (χ4n) is 4.17. The molecule has 0 heterocycles. The lowest BCUT2D eigenvalue weighted by Crippen LogP contribution is -2.64. The summed E-state index contributed by atoms with van der Waals surface area (Å²) in [5, 5.41) is 11.5. The average molecular weight is 405 g/mol. The lowest BCUT2D eigenvalue weighted by atomic mass is 9.68. The van der Waals surface area contributed by atoms with Crippen LogP contribution in [0.25, 0.3) is 11.1 Å². The van der Waals surface area contributed by atoms with Crippen molar-refractivity contribution in [2.24, 2.45) is 5.92 Å². The summed E-state index contributed by atoms with van der Waals surface area (Å²) in [6.07, 6.45) is -6.91. The number of hydrogen-bond donors (Lipinski definition) is 2. The van der Waals surface area contributed by atoms with Crippen molar-refractivity contribution in [2.75, 3.05) is 6.61 Å². The van der Waals surface area contributed by atoms with Crippen LogP contribution in [0.3, 0.4) is 0 Å². The van der Waals surface area contributed by atoms with E-state index in [-0.39, 0.29) is 12.5 Å². The largest absolute Gasteiger partial charge is 0.480 e. The first kappa shape index (κ1) is 19.3. The molecule has 0 aliphatic heterocycles. The Bertz CT molecular complexity index is 921. The molecule has 0 unspecified atom stereocenters. The molecule has 1 amide bonds. The Labute approximate surface area is 164 Å². The number of amides is 1. The van der Waals surface area contributed by atoms with Crippen LogP contribution in [0.5, 0.6) is 0 Å². The monoisotopic (exact) mass is 405 g/mol. The highest BCUT2D eigenvalue weighted by molar-refractivity contribution is 5.85. The molecule has 4 rings (SSSR count). The van der Waals surface area contributed by atoms with E-state index in [1.165, 1.54) is 0 Å². The zero-order chi connectivity index (χ0) is 20.8. The van der Waals surface area contributed by atoms with Crippen molar-refractivity contribution in [3.8, 4) is 11.1 Å². The maximum Gasteiger partial charge on any atom is 0.408 e. The summed E-state index contributed by atoms with van der Waals surface area (Å²) in [6.45, 7) is -0.0434. The zero-order valence-corrected chi connectivity index (χ0v) is 15.2. The predicted octanol–water partition coefficient (Wildman–Crippen LogP) is 4.32. The molecule has 2 aliphatic carbocycles. The minimum atomic E-state index is -4.48. The summed E-state index contributed by atoms with van der Waals surface area (Å²) in [5.74, 6) is -3.46. The van der Waals surface area contributed by atoms with Gasteiger partial charge >= 0.3 is 18.2 Å². The Morgan fingerprint density at radius 3 is 2.03 bits per heavy atom. The molecule has 0 radical (unpaired) electrons.